The second-order valence-corrected chi connectivity index (χ2v) is 7.62. The standard InChI is InChI=1S/C24H29N3O3/c1-18(2)27(15-20-11-8-12-21(13-20)29-4)16-23-25-22(17-30-23)24(28)26(3)14-19-9-6-5-7-10-19/h5-13,17-18H,14-16H2,1-4H3. The molecule has 0 saturated heterocycles. The molecule has 2 aromatic carbocycles. The van der Waals surface area contributed by atoms with Crippen molar-refractivity contribution in [1.29, 1.82) is 0 Å². The molecule has 3 rings (SSSR count). The van der Waals surface area contributed by atoms with Gasteiger partial charge in [0.1, 0.15) is 12.0 Å². The minimum Gasteiger partial charge on any atom is -0.497 e. The summed E-state index contributed by atoms with van der Waals surface area (Å²) in [4.78, 5) is 21.1. The molecule has 0 aliphatic heterocycles. The third-order valence-corrected chi connectivity index (χ3v) is 4.97. The molecule has 6 nitrogen and oxygen atoms in total. The van der Waals surface area contributed by atoms with Gasteiger partial charge >= 0.3 is 0 Å². The fourth-order valence-electron chi connectivity index (χ4n) is 3.21. The minimum absolute atomic E-state index is 0.155. The van der Waals surface area contributed by atoms with Crippen molar-refractivity contribution in [2.45, 2.75) is 39.5 Å². The maximum absolute atomic E-state index is 12.7. The lowest BCUT2D eigenvalue weighted by Gasteiger charge is -2.25. The van der Waals surface area contributed by atoms with Crippen LogP contribution in [0.1, 0.15) is 41.4 Å². The number of amides is 1. The van der Waals surface area contributed by atoms with Gasteiger partial charge in [0.05, 0.1) is 13.7 Å². The molecule has 3 aromatic rings. The van der Waals surface area contributed by atoms with Crippen molar-refractivity contribution in [3.05, 3.63) is 83.6 Å². The van der Waals surface area contributed by atoms with Crippen molar-refractivity contribution in [3.63, 3.8) is 0 Å². The van der Waals surface area contributed by atoms with E-state index in [4.69, 9.17) is 9.15 Å². The van der Waals surface area contributed by atoms with Gasteiger partial charge in [0.2, 0.25) is 5.89 Å². The molecule has 1 heterocycles. The maximum Gasteiger partial charge on any atom is 0.275 e. The highest BCUT2D eigenvalue weighted by atomic mass is 16.5. The molecule has 0 aliphatic rings. The van der Waals surface area contributed by atoms with Crippen molar-refractivity contribution in [2.24, 2.45) is 0 Å². The number of methoxy groups -OCH3 is 1. The predicted octanol–water partition coefficient (Wildman–Crippen LogP) is 4.37. The van der Waals surface area contributed by atoms with Crippen LogP contribution in [0.2, 0.25) is 0 Å². The summed E-state index contributed by atoms with van der Waals surface area (Å²) in [6, 6.07) is 18.2. The highest BCUT2D eigenvalue weighted by Gasteiger charge is 2.19. The summed E-state index contributed by atoms with van der Waals surface area (Å²) >= 11 is 0. The van der Waals surface area contributed by atoms with Gasteiger partial charge in [-0.1, -0.05) is 42.5 Å². The van der Waals surface area contributed by atoms with Crippen LogP contribution in [-0.4, -0.2) is 40.9 Å². The van der Waals surface area contributed by atoms with Crippen LogP contribution < -0.4 is 4.74 Å². The zero-order valence-electron chi connectivity index (χ0n) is 18.0. The second-order valence-electron chi connectivity index (χ2n) is 7.62. The monoisotopic (exact) mass is 407 g/mol. The number of aromatic nitrogens is 1. The number of ether oxygens (including phenoxy) is 1. The van der Waals surface area contributed by atoms with Crippen molar-refractivity contribution >= 4 is 5.91 Å². The van der Waals surface area contributed by atoms with Gasteiger partial charge < -0.3 is 14.1 Å². The quantitative estimate of drug-likeness (QED) is 0.527. The summed E-state index contributed by atoms with van der Waals surface area (Å²) < 4.78 is 10.9. The SMILES string of the molecule is COc1cccc(CN(Cc2nc(C(=O)N(C)Cc3ccccc3)co2)C(C)C)c1. The van der Waals surface area contributed by atoms with Gasteiger partial charge in [0, 0.05) is 26.2 Å². The van der Waals surface area contributed by atoms with E-state index in [0.29, 0.717) is 24.7 Å². The fourth-order valence-corrected chi connectivity index (χ4v) is 3.21. The van der Waals surface area contributed by atoms with E-state index in [1.807, 2.05) is 48.5 Å². The van der Waals surface area contributed by atoms with E-state index in [1.165, 1.54) is 6.26 Å². The number of benzene rings is 2. The predicted molar refractivity (Wildman–Crippen MR) is 116 cm³/mol. The molecule has 0 aliphatic carbocycles. The molecule has 30 heavy (non-hydrogen) atoms. The number of hydrogen-bond acceptors (Lipinski definition) is 5. The molecular weight excluding hydrogens is 378 g/mol. The van der Waals surface area contributed by atoms with Crippen LogP contribution in [0.15, 0.2) is 65.3 Å². The fraction of sp³-hybridized carbons (Fsp3) is 0.333. The van der Waals surface area contributed by atoms with E-state index in [1.54, 1.807) is 19.1 Å². The van der Waals surface area contributed by atoms with Gasteiger partial charge in [0.15, 0.2) is 5.69 Å². The molecule has 1 amide bonds. The first kappa shape index (κ1) is 21.6. The summed E-state index contributed by atoms with van der Waals surface area (Å²) in [5, 5.41) is 0. The lowest BCUT2D eigenvalue weighted by molar-refractivity contribution is 0.0779. The number of nitrogens with zero attached hydrogens (tertiary/aromatic N) is 3. The molecule has 0 radical (unpaired) electrons. The Morgan fingerprint density at radius 1 is 1.03 bits per heavy atom. The van der Waals surface area contributed by atoms with Crippen LogP contribution in [0.25, 0.3) is 0 Å². The molecular formula is C24H29N3O3. The zero-order chi connectivity index (χ0) is 21.5. The molecule has 0 fully saturated rings. The lowest BCUT2D eigenvalue weighted by Crippen LogP contribution is -2.30. The Bertz CT molecular complexity index is 953. The molecule has 0 spiro atoms. The first-order valence-electron chi connectivity index (χ1n) is 10.1. The third-order valence-electron chi connectivity index (χ3n) is 4.97. The molecule has 0 unspecified atom stereocenters. The van der Waals surface area contributed by atoms with Gasteiger partial charge in [-0.25, -0.2) is 4.98 Å². The molecule has 158 valence electrons. The number of carbonyl (C=O) groups excluding carboxylic acids is 1. The summed E-state index contributed by atoms with van der Waals surface area (Å²) in [7, 11) is 3.44. The first-order chi connectivity index (χ1) is 14.5. The van der Waals surface area contributed by atoms with Gasteiger partial charge in [-0.3, -0.25) is 9.69 Å². The van der Waals surface area contributed by atoms with Gasteiger partial charge in [-0.05, 0) is 37.1 Å². The third kappa shape index (κ3) is 5.70. The van der Waals surface area contributed by atoms with E-state index >= 15 is 0 Å². The van der Waals surface area contributed by atoms with Gasteiger partial charge in [0.25, 0.3) is 5.91 Å². The van der Waals surface area contributed by atoms with Crippen LogP contribution >= 0.6 is 0 Å². The highest BCUT2D eigenvalue weighted by Crippen LogP contribution is 2.18. The molecule has 0 N–H and O–H groups in total. The minimum atomic E-state index is -0.155. The number of oxazole rings is 1. The zero-order valence-corrected chi connectivity index (χ0v) is 18.0. The lowest BCUT2D eigenvalue weighted by atomic mass is 10.2. The molecule has 1 aromatic heterocycles. The molecule has 6 heteroatoms. The summed E-state index contributed by atoms with van der Waals surface area (Å²) in [5.41, 5.74) is 2.54. The average Bonchev–Trinajstić information content (AvgIpc) is 3.22. The average molecular weight is 408 g/mol. The van der Waals surface area contributed by atoms with Crippen molar-refractivity contribution in [2.75, 3.05) is 14.2 Å². The van der Waals surface area contributed by atoms with Gasteiger partial charge in [-0.2, -0.15) is 0 Å². The Morgan fingerprint density at radius 2 is 1.77 bits per heavy atom. The van der Waals surface area contributed by atoms with Crippen LogP contribution in [-0.2, 0) is 19.6 Å². The Balaban J connectivity index is 1.65. The highest BCUT2D eigenvalue weighted by molar-refractivity contribution is 5.91. The van der Waals surface area contributed by atoms with Crippen LogP contribution in [0.4, 0.5) is 0 Å². The maximum atomic E-state index is 12.7. The summed E-state index contributed by atoms with van der Waals surface area (Å²) in [5.74, 6) is 1.21. The van der Waals surface area contributed by atoms with E-state index in [9.17, 15) is 4.79 Å². The summed E-state index contributed by atoms with van der Waals surface area (Å²) in [6.45, 7) is 6.03. The smallest absolute Gasteiger partial charge is 0.275 e. The Kier molecular flexibility index (Phi) is 7.25. The largest absolute Gasteiger partial charge is 0.497 e. The van der Waals surface area contributed by atoms with E-state index < -0.39 is 0 Å². The van der Waals surface area contributed by atoms with E-state index in [0.717, 1.165) is 23.4 Å². The second kappa shape index (κ2) is 10.1. The number of rotatable bonds is 9. The van der Waals surface area contributed by atoms with Crippen molar-refractivity contribution < 1.29 is 13.9 Å². The summed E-state index contributed by atoms with van der Waals surface area (Å²) in [6.07, 6.45) is 1.45. The van der Waals surface area contributed by atoms with Crippen molar-refractivity contribution in [3.8, 4) is 5.75 Å². The van der Waals surface area contributed by atoms with Crippen LogP contribution in [0.5, 0.6) is 5.75 Å². The normalized spacial score (nSPS) is 11.1. The van der Waals surface area contributed by atoms with E-state index in [2.05, 4.69) is 29.8 Å². The topological polar surface area (TPSA) is 58.8 Å². The van der Waals surface area contributed by atoms with Crippen LogP contribution in [0, 0.1) is 0 Å². The van der Waals surface area contributed by atoms with Crippen molar-refractivity contribution in [1.82, 2.24) is 14.8 Å². The van der Waals surface area contributed by atoms with Crippen LogP contribution in [0.3, 0.4) is 0 Å². The molecule has 0 saturated carbocycles. The Morgan fingerprint density at radius 3 is 2.47 bits per heavy atom. The number of hydrogen-bond donors (Lipinski definition) is 0. The molecule has 0 atom stereocenters. The van der Waals surface area contributed by atoms with Gasteiger partial charge in [-0.15, -0.1) is 0 Å². The number of carbonyl (C=O) groups is 1. The Labute approximate surface area is 178 Å². The first-order valence-corrected chi connectivity index (χ1v) is 10.1. The molecule has 0 bridgehead atoms. The Hall–Kier alpha value is -3.12. The van der Waals surface area contributed by atoms with E-state index in [-0.39, 0.29) is 11.9 Å².